The first kappa shape index (κ1) is 17.7. The van der Waals surface area contributed by atoms with Crippen LogP contribution >= 0.6 is 11.3 Å². The van der Waals surface area contributed by atoms with Gasteiger partial charge in [-0.1, -0.05) is 23.5 Å². The van der Waals surface area contributed by atoms with Crippen molar-refractivity contribution in [2.24, 2.45) is 7.05 Å². The molecule has 0 spiro atoms. The van der Waals surface area contributed by atoms with E-state index in [4.69, 9.17) is 5.73 Å². The number of alkyl halides is 3. The Labute approximate surface area is 149 Å². The van der Waals surface area contributed by atoms with Gasteiger partial charge in [0.25, 0.3) is 5.91 Å². The molecular formula is C15H12F3N5O2S. The number of rotatable bonds is 4. The molecule has 0 saturated carbocycles. The lowest BCUT2D eigenvalue weighted by molar-refractivity contribution is -0.274. The SMILES string of the molecule is Cn1cc(NC(=O)c2nc(-c3ccccc3OC(F)(F)F)sc2N)cn1. The smallest absolute Gasteiger partial charge is 0.405 e. The Kier molecular flexibility index (Phi) is 4.55. The zero-order valence-electron chi connectivity index (χ0n) is 13.2. The number of benzene rings is 1. The van der Waals surface area contributed by atoms with Gasteiger partial charge in [-0.2, -0.15) is 5.10 Å². The van der Waals surface area contributed by atoms with Crippen LogP contribution < -0.4 is 15.8 Å². The van der Waals surface area contributed by atoms with Crippen molar-refractivity contribution >= 4 is 27.9 Å². The van der Waals surface area contributed by atoms with Crippen molar-refractivity contribution in [1.82, 2.24) is 14.8 Å². The summed E-state index contributed by atoms with van der Waals surface area (Å²) in [6.07, 6.45) is -1.83. The molecule has 136 valence electrons. The van der Waals surface area contributed by atoms with Gasteiger partial charge in [-0.25, -0.2) is 4.98 Å². The van der Waals surface area contributed by atoms with Crippen LogP contribution in [0.15, 0.2) is 36.7 Å². The highest BCUT2D eigenvalue weighted by atomic mass is 32.1. The van der Waals surface area contributed by atoms with Crippen LogP contribution in [0.5, 0.6) is 5.75 Å². The summed E-state index contributed by atoms with van der Waals surface area (Å²) in [5.41, 5.74) is 6.26. The molecule has 1 amide bonds. The van der Waals surface area contributed by atoms with Crippen molar-refractivity contribution < 1.29 is 22.7 Å². The van der Waals surface area contributed by atoms with Crippen LogP contribution in [0.25, 0.3) is 10.6 Å². The fraction of sp³-hybridized carbons (Fsp3) is 0.133. The van der Waals surface area contributed by atoms with Crippen molar-refractivity contribution in [2.45, 2.75) is 6.36 Å². The summed E-state index contributed by atoms with van der Waals surface area (Å²) in [5, 5.41) is 6.69. The average molecular weight is 383 g/mol. The van der Waals surface area contributed by atoms with Crippen LogP contribution in [0.1, 0.15) is 10.5 Å². The molecule has 2 aromatic heterocycles. The van der Waals surface area contributed by atoms with Gasteiger partial charge in [-0.3, -0.25) is 9.48 Å². The number of aryl methyl sites for hydroxylation is 1. The minimum absolute atomic E-state index is 0.0724. The lowest BCUT2D eigenvalue weighted by Crippen LogP contribution is -2.17. The highest BCUT2D eigenvalue weighted by Crippen LogP contribution is 2.37. The molecule has 7 nitrogen and oxygen atoms in total. The molecular weight excluding hydrogens is 371 g/mol. The number of thiazole rings is 1. The van der Waals surface area contributed by atoms with E-state index in [0.717, 1.165) is 17.4 Å². The number of para-hydroxylation sites is 1. The van der Waals surface area contributed by atoms with Crippen LogP contribution in [0, 0.1) is 0 Å². The molecule has 0 unspecified atom stereocenters. The number of carbonyl (C=O) groups is 1. The van der Waals surface area contributed by atoms with E-state index in [1.165, 1.54) is 29.1 Å². The molecule has 0 aliphatic carbocycles. The van der Waals surface area contributed by atoms with Crippen molar-refractivity contribution in [3.63, 3.8) is 0 Å². The third kappa shape index (κ3) is 3.94. The minimum atomic E-state index is -4.85. The zero-order chi connectivity index (χ0) is 18.9. The quantitative estimate of drug-likeness (QED) is 0.721. The molecule has 0 bridgehead atoms. The second-order valence-corrected chi connectivity index (χ2v) is 6.16. The molecule has 3 aromatic rings. The van der Waals surface area contributed by atoms with Gasteiger partial charge in [0.15, 0.2) is 5.69 Å². The first-order valence-electron chi connectivity index (χ1n) is 7.14. The number of ether oxygens (including phenoxy) is 1. The number of nitrogens with one attached hydrogen (secondary N) is 1. The topological polar surface area (TPSA) is 95.1 Å². The van der Waals surface area contributed by atoms with Crippen LogP contribution in [-0.4, -0.2) is 27.0 Å². The van der Waals surface area contributed by atoms with Gasteiger partial charge in [-0.15, -0.1) is 13.2 Å². The number of carbonyl (C=O) groups excluding carboxylic acids is 1. The number of hydrogen-bond acceptors (Lipinski definition) is 6. The van der Waals surface area contributed by atoms with Crippen molar-refractivity contribution in [1.29, 1.82) is 0 Å². The van der Waals surface area contributed by atoms with E-state index in [1.807, 2.05) is 0 Å². The number of nitrogen functional groups attached to an aromatic ring is 1. The largest absolute Gasteiger partial charge is 0.573 e. The molecule has 0 radical (unpaired) electrons. The van der Waals surface area contributed by atoms with E-state index in [-0.39, 0.29) is 21.3 Å². The highest BCUT2D eigenvalue weighted by Gasteiger charge is 2.32. The van der Waals surface area contributed by atoms with Crippen molar-refractivity contribution in [3.05, 3.63) is 42.4 Å². The second kappa shape index (κ2) is 6.67. The third-order valence-corrected chi connectivity index (χ3v) is 4.09. The summed E-state index contributed by atoms with van der Waals surface area (Å²) in [4.78, 5) is 16.4. The van der Waals surface area contributed by atoms with E-state index in [1.54, 1.807) is 13.2 Å². The molecule has 11 heteroatoms. The summed E-state index contributed by atoms with van der Waals surface area (Å²) >= 11 is 0.889. The van der Waals surface area contributed by atoms with Crippen molar-refractivity contribution in [3.8, 4) is 16.3 Å². The number of nitrogens with two attached hydrogens (primary N) is 1. The maximum absolute atomic E-state index is 12.6. The molecule has 0 aliphatic rings. The number of anilines is 2. The van der Waals surface area contributed by atoms with E-state index in [0.29, 0.717) is 5.69 Å². The van der Waals surface area contributed by atoms with E-state index < -0.39 is 18.0 Å². The Bertz CT molecular complexity index is 951. The Hall–Kier alpha value is -3.08. The highest BCUT2D eigenvalue weighted by molar-refractivity contribution is 7.19. The van der Waals surface area contributed by atoms with E-state index in [9.17, 15) is 18.0 Å². The standard InChI is InChI=1S/C15H12F3N5O2S/c1-23-7-8(6-20-23)21-13(24)11-12(19)26-14(22-11)9-4-2-3-5-10(9)25-15(16,17)18/h2-7H,19H2,1H3,(H,21,24). The second-order valence-electron chi connectivity index (χ2n) is 5.13. The van der Waals surface area contributed by atoms with Crippen LogP contribution in [0.2, 0.25) is 0 Å². The molecule has 0 aliphatic heterocycles. The molecule has 0 atom stereocenters. The molecule has 26 heavy (non-hydrogen) atoms. The van der Waals surface area contributed by atoms with Crippen molar-refractivity contribution in [2.75, 3.05) is 11.1 Å². The number of aromatic nitrogens is 3. The number of nitrogens with zero attached hydrogens (tertiary/aromatic N) is 3. The fourth-order valence-corrected chi connectivity index (χ4v) is 3.00. The van der Waals surface area contributed by atoms with Crippen LogP contribution in [-0.2, 0) is 7.05 Å². The number of hydrogen-bond donors (Lipinski definition) is 2. The molecule has 3 rings (SSSR count). The van der Waals surface area contributed by atoms with Crippen LogP contribution in [0.3, 0.4) is 0 Å². The molecule has 0 fully saturated rings. The fourth-order valence-electron chi connectivity index (χ4n) is 2.14. The molecule has 2 heterocycles. The maximum atomic E-state index is 12.6. The predicted molar refractivity (Wildman–Crippen MR) is 89.8 cm³/mol. The number of amides is 1. The Morgan fingerprint density at radius 1 is 1.35 bits per heavy atom. The van der Waals surface area contributed by atoms with E-state index in [2.05, 4.69) is 20.1 Å². The molecule has 3 N–H and O–H groups in total. The minimum Gasteiger partial charge on any atom is -0.405 e. The van der Waals surface area contributed by atoms with E-state index >= 15 is 0 Å². The van der Waals surface area contributed by atoms with Gasteiger partial charge in [0.2, 0.25) is 0 Å². The Morgan fingerprint density at radius 2 is 2.08 bits per heavy atom. The normalized spacial score (nSPS) is 11.4. The van der Waals surface area contributed by atoms with Gasteiger partial charge in [0, 0.05) is 13.2 Å². The molecule has 0 saturated heterocycles. The lowest BCUT2D eigenvalue weighted by Gasteiger charge is -2.11. The monoisotopic (exact) mass is 383 g/mol. The average Bonchev–Trinajstić information content (AvgIpc) is 3.12. The predicted octanol–water partition coefficient (Wildman–Crippen LogP) is 3.28. The van der Waals surface area contributed by atoms with Gasteiger partial charge in [-0.05, 0) is 12.1 Å². The van der Waals surface area contributed by atoms with Crippen LogP contribution in [0.4, 0.5) is 23.9 Å². The Morgan fingerprint density at radius 3 is 2.73 bits per heavy atom. The first-order valence-corrected chi connectivity index (χ1v) is 7.96. The Balaban J connectivity index is 1.90. The first-order chi connectivity index (χ1) is 12.2. The summed E-state index contributed by atoms with van der Waals surface area (Å²) in [5.74, 6) is -1.01. The van der Waals surface area contributed by atoms with Gasteiger partial charge in [0.05, 0.1) is 17.4 Å². The lowest BCUT2D eigenvalue weighted by atomic mass is 10.2. The summed E-state index contributed by atoms with van der Waals surface area (Å²) in [6.45, 7) is 0. The van der Waals surface area contributed by atoms with Gasteiger partial charge in [0.1, 0.15) is 15.8 Å². The van der Waals surface area contributed by atoms with Gasteiger partial charge >= 0.3 is 6.36 Å². The molecule has 1 aromatic carbocycles. The number of halogens is 3. The zero-order valence-corrected chi connectivity index (χ0v) is 14.1. The van der Waals surface area contributed by atoms with Gasteiger partial charge < -0.3 is 15.8 Å². The summed E-state index contributed by atoms with van der Waals surface area (Å²) < 4.78 is 43.2. The maximum Gasteiger partial charge on any atom is 0.573 e. The summed E-state index contributed by atoms with van der Waals surface area (Å²) in [7, 11) is 1.68. The summed E-state index contributed by atoms with van der Waals surface area (Å²) in [6, 6.07) is 5.50. The third-order valence-electron chi connectivity index (χ3n) is 3.17.